The molecule has 30 heavy (non-hydrogen) atoms. The Hall–Kier alpha value is -3.09. The number of fused-ring (bicyclic) bond motifs is 2. The van der Waals surface area contributed by atoms with E-state index in [0.29, 0.717) is 36.4 Å². The van der Waals surface area contributed by atoms with Gasteiger partial charge < -0.3 is 15.0 Å². The summed E-state index contributed by atoms with van der Waals surface area (Å²) in [6.45, 7) is 3.04. The summed E-state index contributed by atoms with van der Waals surface area (Å²) in [5, 5.41) is 7.50. The molecule has 0 unspecified atom stereocenters. The molecule has 1 saturated heterocycles. The summed E-state index contributed by atoms with van der Waals surface area (Å²) in [5.74, 6) is 0.418. The van der Waals surface area contributed by atoms with Crippen LogP contribution in [-0.4, -0.2) is 51.7 Å². The van der Waals surface area contributed by atoms with Gasteiger partial charge in [-0.2, -0.15) is 5.10 Å². The van der Waals surface area contributed by atoms with Crippen LogP contribution in [0.2, 0.25) is 0 Å². The van der Waals surface area contributed by atoms with Gasteiger partial charge in [0.2, 0.25) is 0 Å². The number of aromatic nitrogens is 2. The molecule has 1 N–H and O–H groups in total. The van der Waals surface area contributed by atoms with E-state index in [0.717, 1.165) is 25.0 Å². The van der Waals surface area contributed by atoms with Crippen molar-refractivity contribution in [1.82, 2.24) is 20.0 Å². The summed E-state index contributed by atoms with van der Waals surface area (Å²) < 4.78 is 7.48. The maximum absolute atomic E-state index is 13.4. The second-order valence-electron chi connectivity index (χ2n) is 7.93. The smallest absolute Gasteiger partial charge is 0.257 e. The molecule has 1 fully saturated rings. The fraction of sp³-hybridized carbons (Fsp3) is 0.435. The van der Waals surface area contributed by atoms with Gasteiger partial charge in [-0.05, 0) is 44.7 Å². The van der Waals surface area contributed by atoms with Gasteiger partial charge in [0.1, 0.15) is 5.75 Å². The second-order valence-corrected chi connectivity index (χ2v) is 7.93. The first-order valence-corrected chi connectivity index (χ1v) is 10.5. The van der Waals surface area contributed by atoms with Crippen molar-refractivity contribution in [3.05, 3.63) is 59.4 Å². The van der Waals surface area contributed by atoms with Gasteiger partial charge in [-0.3, -0.25) is 14.3 Å². The van der Waals surface area contributed by atoms with Crippen LogP contribution < -0.4 is 10.1 Å². The maximum Gasteiger partial charge on any atom is 0.257 e. The van der Waals surface area contributed by atoms with Gasteiger partial charge >= 0.3 is 0 Å². The van der Waals surface area contributed by atoms with E-state index in [1.807, 2.05) is 37.1 Å². The van der Waals surface area contributed by atoms with E-state index in [-0.39, 0.29) is 23.9 Å². The van der Waals surface area contributed by atoms with Crippen LogP contribution in [0.25, 0.3) is 0 Å². The fourth-order valence-electron chi connectivity index (χ4n) is 4.35. The fourth-order valence-corrected chi connectivity index (χ4v) is 4.35. The van der Waals surface area contributed by atoms with E-state index in [1.54, 1.807) is 16.9 Å². The normalized spacial score (nSPS) is 23.1. The molecule has 0 bridgehead atoms. The molecular formula is C23H28N4O3. The number of carbonyl (C=O) groups is 2. The average molecular weight is 409 g/mol. The van der Waals surface area contributed by atoms with Gasteiger partial charge in [0.25, 0.3) is 11.8 Å². The molecule has 0 aliphatic carbocycles. The van der Waals surface area contributed by atoms with E-state index in [2.05, 4.69) is 22.6 Å². The third kappa shape index (κ3) is 4.10. The number of para-hydroxylation sites is 1. The molecule has 0 spiro atoms. The molecule has 2 amide bonds. The van der Waals surface area contributed by atoms with Crippen molar-refractivity contribution in [2.45, 2.75) is 44.7 Å². The summed E-state index contributed by atoms with van der Waals surface area (Å²) >= 11 is 0. The predicted molar refractivity (Wildman–Crippen MR) is 114 cm³/mol. The number of hydrogen-bond donors (Lipinski definition) is 1. The molecule has 2 aromatic rings. The first-order valence-electron chi connectivity index (χ1n) is 10.5. The van der Waals surface area contributed by atoms with Crippen molar-refractivity contribution in [3.8, 4) is 5.75 Å². The number of amides is 2. The highest BCUT2D eigenvalue weighted by Crippen LogP contribution is 2.26. The number of benzene rings is 1. The average Bonchev–Trinajstić information content (AvgIpc) is 3.08. The first-order chi connectivity index (χ1) is 14.5. The van der Waals surface area contributed by atoms with E-state index in [9.17, 15) is 9.59 Å². The number of piperidine rings is 1. The lowest BCUT2D eigenvalue weighted by Crippen LogP contribution is -2.57. The number of hydrogen-bond acceptors (Lipinski definition) is 4. The minimum atomic E-state index is -0.156. The largest absolute Gasteiger partial charge is 0.492 e. The van der Waals surface area contributed by atoms with Crippen LogP contribution in [0.4, 0.5) is 0 Å². The Bertz CT molecular complexity index is 965. The van der Waals surface area contributed by atoms with Crippen LogP contribution >= 0.6 is 0 Å². The molecule has 7 heteroatoms. The SMILES string of the molecule is Cc1nn(C)cc1C(=O)N1CCC[C@@H]2NC(=O)c3ccccc3OCC/C=C/C[C@@H]21. The van der Waals surface area contributed by atoms with Crippen LogP contribution in [0.3, 0.4) is 0 Å². The summed E-state index contributed by atoms with van der Waals surface area (Å²) in [5.41, 5.74) is 1.88. The highest BCUT2D eigenvalue weighted by Gasteiger charge is 2.36. The Balaban J connectivity index is 1.64. The number of aryl methyl sites for hydroxylation is 2. The van der Waals surface area contributed by atoms with E-state index < -0.39 is 0 Å². The summed E-state index contributed by atoms with van der Waals surface area (Å²) in [6.07, 6.45) is 9.09. The Morgan fingerprint density at radius 3 is 2.90 bits per heavy atom. The Kier molecular flexibility index (Phi) is 5.88. The van der Waals surface area contributed by atoms with Gasteiger partial charge in [0, 0.05) is 25.8 Å². The summed E-state index contributed by atoms with van der Waals surface area (Å²) in [4.78, 5) is 28.3. The zero-order valence-electron chi connectivity index (χ0n) is 17.5. The van der Waals surface area contributed by atoms with E-state index in [1.165, 1.54) is 0 Å². The summed E-state index contributed by atoms with van der Waals surface area (Å²) in [6, 6.07) is 7.10. The van der Waals surface area contributed by atoms with Gasteiger partial charge in [0.05, 0.1) is 29.5 Å². The zero-order chi connectivity index (χ0) is 21.1. The third-order valence-electron chi connectivity index (χ3n) is 5.82. The zero-order valence-corrected chi connectivity index (χ0v) is 17.5. The molecule has 2 atom stereocenters. The van der Waals surface area contributed by atoms with Crippen molar-refractivity contribution in [2.75, 3.05) is 13.2 Å². The van der Waals surface area contributed by atoms with Gasteiger partial charge in [-0.15, -0.1) is 0 Å². The molecule has 2 aliphatic rings. The van der Waals surface area contributed by atoms with Crippen molar-refractivity contribution in [2.24, 2.45) is 7.05 Å². The molecule has 0 radical (unpaired) electrons. The minimum Gasteiger partial charge on any atom is -0.492 e. The van der Waals surface area contributed by atoms with Crippen LogP contribution in [-0.2, 0) is 7.05 Å². The Morgan fingerprint density at radius 2 is 2.10 bits per heavy atom. The van der Waals surface area contributed by atoms with Crippen molar-refractivity contribution < 1.29 is 14.3 Å². The van der Waals surface area contributed by atoms with Crippen molar-refractivity contribution in [1.29, 1.82) is 0 Å². The van der Waals surface area contributed by atoms with Crippen LogP contribution in [0.5, 0.6) is 5.75 Å². The molecule has 1 aromatic heterocycles. The topological polar surface area (TPSA) is 76.5 Å². The highest BCUT2D eigenvalue weighted by atomic mass is 16.5. The van der Waals surface area contributed by atoms with Gasteiger partial charge in [-0.1, -0.05) is 24.3 Å². The minimum absolute atomic E-state index is 0.0197. The molecule has 3 heterocycles. The highest BCUT2D eigenvalue weighted by molar-refractivity contribution is 5.97. The number of rotatable bonds is 1. The third-order valence-corrected chi connectivity index (χ3v) is 5.82. The number of nitrogens with one attached hydrogen (secondary N) is 1. The molecule has 1 aromatic carbocycles. The maximum atomic E-state index is 13.4. The molecule has 158 valence electrons. The Morgan fingerprint density at radius 1 is 1.27 bits per heavy atom. The van der Waals surface area contributed by atoms with Crippen molar-refractivity contribution in [3.63, 3.8) is 0 Å². The van der Waals surface area contributed by atoms with Crippen LogP contribution in [0.1, 0.15) is 52.1 Å². The number of carbonyl (C=O) groups excluding carboxylic acids is 2. The molecule has 4 rings (SSSR count). The predicted octanol–water partition coefficient (Wildman–Crippen LogP) is 2.86. The second kappa shape index (κ2) is 8.73. The van der Waals surface area contributed by atoms with Crippen LogP contribution in [0.15, 0.2) is 42.6 Å². The van der Waals surface area contributed by atoms with Crippen molar-refractivity contribution >= 4 is 11.8 Å². The number of ether oxygens (including phenoxy) is 1. The lowest BCUT2D eigenvalue weighted by Gasteiger charge is -2.41. The molecular weight excluding hydrogens is 380 g/mol. The van der Waals surface area contributed by atoms with Gasteiger partial charge in [0.15, 0.2) is 0 Å². The Labute approximate surface area is 176 Å². The van der Waals surface area contributed by atoms with Crippen LogP contribution in [0, 0.1) is 6.92 Å². The monoisotopic (exact) mass is 408 g/mol. The molecule has 0 saturated carbocycles. The number of nitrogens with zero attached hydrogens (tertiary/aromatic N) is 3. The molecule has 2 aliphatic heterocycles. The van der Waals surface area contributed by atoms with E-state index >= 15 is 0 Å². The standard InChI is InChI=1S/C23H28N4O3/c1-16-18(15-26(2)25-16)23(29)27-13-8-10-19-20(27)11-4-3-7-14-30-21-12-6-5-9-17(21)22(28)24-19/h3-6,9,12,15,19-20H,7-8,10-11,13-14H2,1-2H3,(H,24,28)/b4-3+/t19-,20-/m0/s1. The quantitative estimate of drug-likeness (QED) is 0.736. The molecule has 7 nitrogen and oxygen atoms in total. The van der Waals surface area contributed by atoms with E-state index in [4.69, 9.17) is 4.74 Å². The first kappa shape index (κ1) is 20.2. The lowest BCUT2D eigenvalue weighted by atomic mass is 9.92. The summed E-state index contributed by atoms with van der Waals surface area (Å²) in [7, 11) is 1.82. The number of likely N-dealkylation sites (tertiary alicyclic amines) is 1. The lowest BCUT2D eigenvalue weighted by molar-refractivity contribution is 0.0530. The van der Waals surface area contributed by atoms with Gasteiger partial charge in [-0.25, -0.2) is 0 Å².